The van der Waals surface area contributed by atoms with E-state index in [1.807, 2.05) is 37.2 Å². The highest BCUT2D eigenvalue weighted by atomic mass is 15.2. The van der Waals surface area contributed by atoms with Gasteiger partial charge in [0.15, 0.2) is 0 Å². The molecule has 2 aromatic heterocycles. The van der Waals surface area contributed by atoms with Crippen LogP contribution in [0, 0.1) is 29.6 Å². The molecule has 1 saturated carbocycles. The van der Waals surface area contributed by atoms with Crippen LogP contribution in [0.4, 0.5) is 5.82 Å². The minimum absolute atomic E-state index is 0.396. The van der Waals surface area contributed by atoms with Gasteiger partial charge in [-0.05, 0) is 61.9 Å². The Kier molecular flexibility index (Phi) is 5.64. The highest BCUT2D eigenvalue weighted by Crippen LogP contribution is 2.59. The lowest BCUT2D eigenvalue weighted by Crippen LogP contribution is -2.40. The summed E-state index contributed by atoms with van der Waals surface area (Å²) in [5.74, 6) is 2.39. The van der Waals surface area contributed by atoms with E-state index >= 15 is 0 Å². The second-order valence-corrected chi connectivity index (χ2v) is 10.8. The summed E-state index contributed by atoms with van der Waals surface area (Å²) < 4.78 is 1.82. The van der Waals surface area contributed by atoms with Gasteiger partial charge >= 0.3 is 0 Å². The number of piperidine rings is 1. The summed E-state index contributed by atoms with van der Waals surface area (Å²) >= 11 is 0. The fourth-order valence-electron chi connectivity index (χ4n) is 4.81. The summed E-state index contributed by atoms with van der Waals surface area (Å²) in [5, 5.41) is 7.92. The molecule has 3 heterocycles. The molecule has 1 aliphatic heterocycles. The first kappa shape index (κ1) is 21.3. The first-order valence-electron chi connectivity index (χ1n) is 11.5. The molecule has 2 atom stereocenters. The lowest BCUT2D eigenvalue weighted by molar-refractivity contribution is 0.112. The van der Waals surface area contributed by atoms with E-state index in [0.29, 0.717) is 10.8 Å². The zero-order valence-electron chi connectivity index (χ0n) is 19.6. The van der Waals surface area contributed by atoms with Crippen LogP contribution < -0.4 is 5.32 Å². The summed E-state index contributed by atoms with van der Waals surface area (Å²) in [6.45, 7) is 16.3. The van der Waals surface area contributed by atoms with Gasteiger partial charge in [0.1, 0.15) is 5.82 Å². The number of anilines is 1. The number of nitrogens with zero attached hydrogens (tertiary/aromatic N) is 5. The maximum atomic E-state index is 4.60. The number of likely N-dealkylation sites (tertiary alicyclic amines) is 1. The predicted octanol–water partition coefficient (Wildman–Crippen LogP) is 4.38. The third-order valence-corrected chi connectivity index (χ3v) is 7.69. The molecule has 6 heteroatoms. The molecule has 1 saturated heterocycles. The van der Waals surface area contributed by atoms with E-state index in [4.69, 9.17) is 0 Å². The van der Waals surface area contributed by atoms with Crippen molar-refractivity contribution in [3.8, 4) is 11.3 Å². The van der Waals surface area contributed by atoms with Gasteiger partial charge in [0.05, 0.1) is 23.8 Å². The summed E-state index contributed by atoms with van der Waals surface area (Å²) in [6.07, 6.45) is 9.76. The van der Waals surface area contributed by atoms with Gasteiger partial charge in [-0.15, -0.1) is 0 Å². The van der Waals surface area contributed by atoms with Crippen LogP contribution in [0.15, 0.2) is 18.6 Å². The Balaban J connectivity index is 1.24. The minimum atomic E-state index is 0.396. The van der Waals surface area contributed by atoms with Crippen LogP contribution in [0.3, 0.4) is 0 Å². The van der Waals surface area contributed by atoms with E-state index in [0.717, 1.165) is 41.1 Å². The molecule has 0 bridgehead atoms. The van der Waals surface area contributed by atoms with Crippen LogP contribution >= 0.6 is 0 Å². The molecule has 164 valence electrons. The van der Waals surface area contributed by atoms with Gasteiger partial charge in [0.25, 0.3) is 0 Å². The Hall–Kier alpha value is -1.95. The van der Waals surface area contributed by atoms with Gasteiger partial charge < -0.3 is 10.2 Å². The first-order chi connectivity index (χ1) is 14.2. The van der Waals surface area contributed by atoms with Crippen LogP contribution in [0.1, 0.15) is 52.7 Å². The van der Waals surface area contributed by atoms with Crippen molar-refractivity contribution in [2.24, 2.45) is 29.7 Å². The highest BCUT2D eigenvalue weighted by molar-refractivity contribution is 5.60. The molecule has 0 radical (unpaired) electrons. The smallest absolute Gasteiger partial charge is 0.144 e. The zero-order chi connectivity index (χ0) is 21.5. The van der Waals surface area contributed by atoms with Crippen molar-refractivity contribution in [1.82, 2.24) is 24.6 Å². The van der Waals surface area contributed by atoms with E-state index in [2.05, 4.69) is 53.0 Å². The molecular formula is C24H38N6. The van der Waals surface area contributed by atoms with Gasteiger partial charge in [-0.25, -0.2) is 4.98 Å². The van der Waals surface area contributed by atoms with E-state index in [1.54, 1.807) is 0 Å². The summed E-state index contributed by atoms with van der Waals surface area (Å²) in [5.41, 5.74) is 3.88. The average molecular weight is 411 g/mol. The molecule has 0 amide bonds. The molecular weight excluding hydrogens is 372 g/mol. The standard InChI is InChI=1S/C24H38N6/c1-17(23(3,4)5)15-30-9-7-24(8-10-30)11-19(24)12-26-22-14-25-21(13-27-22)20-16-29(6)28-18(20)2/h13-14,16-17,19H,7-12,15H2,1-6H3,(H,26,27). The Labute approximate surface area is 181 Å². The lowest BCUT2D eigenvalue weighted by Gasteiger charge is -2.37. The van der Waals surface area contributed by atoms with Gasteiger partial charge in [0.2, 0.25) is 0 Å². The van der Waals surface area contributed by atoms with Crippen LogP contribution in [0.5, 0.6) is 0 Å². The number of rotatable bonds is 6. The van der Waals surface area contributed by atoms with E-state index in [9.17, 15) is 0 Å². The molecule has 30 heavy (non-hydrogen) atoms. The summed E-state index contributed by atoms with van der Waals surface area (Å²) in [4.78, 5) is 11.9. The predicted molar refractivity (Wildman–Crippen MR) is 122 cm³/mol. The lowest BCUT2D eigenvalue weighted by atomic mass is 9.81. The van der Waals surface area contributed by atoms with Gasteiger partial charge in [-0.3, -0.25) is 9.67 Å². The van der Waals surface area contributed by atoms with Gasteiger partial charge in [-0.2, -0.15) is 5.10 Å². The second-order valence-electron chi connectivity index (χ2n) is 10.8. The molecule has 2 aromatic rings. The largest absolute Gasteiger partial charge is 0.368 e. The zero-order valence-corrected chi connectivity index (χ0v) is 19.6. The van der Waals surface area contributed by atoms with Crippen molar-refractivity contribution in [3.63, 3.8) is 0 Å². The van der Waals surface area contributed by atoms with Gasteiger partial charge in [0, 0.05) is 31.9 Å². The van der Waals surface area contributed by atoms with Crippen molar-refractivity contribution < 1.29 is 0 Å². The highest BCUT2D eigenvalue weighted by Gasteiger charge is 2.54. The van der Waals surface area contributed by atoms with Crippen molar-refractivity contribution >= 4 is 5.82 Å². The minimum Gasteiger partial charge on any atom is -0.368 e. The molecule has 2 unspecified atom stereocenters. The molecule has 2 aliphatic rings. The SMILES string of the molecule is Cc1nn(C)cc1-c1cnc(NCC2CC23CCN(CC(C)C(C)(C)C)CC3)cn1. The maximum absolute atomic E-state index is 4.60. The quantitative estimate of drug-likeness (QED) is 0.766. The normalized spacial score (nSPS) is 22.3. The summed E-state index contributed by atoms with van der Waals surface area (Å²) in [7, 11) is 1.93. The second kappa shape index (κ2) is 7.95. The average Bonchev–Trinajstić information content (AvgIpc) is 3.25. The number of aromatic nitrogens is 4. The van der Waals surface area contributed by atoms with E-state index < -0.39 is 0 Å². The van der Waals surface area contributed by atoms with E-state index in [1.165, 1.54) is 38.9 Å². The molecule has 1 N–H and O–H groups in total. The first-order valence-corrected chi connectivity index (χ1v) is 11.5. The third-order valence-electron chi connectivity index (χ3n) is 7.69. The number of nitrogens with one attached hydrogen (secondary N) is 1. The molecule has 4 rings (SSSR count). The van der Waals surface area contributed by atoms with Crippen molar-refractivity contribution in [2.45, 2.75) is 53.9 Å². The molecule has 0 aromatic carbocycles. The fourth-order valence-corrected chi connectivity index (χ4v) is 4.81. The van der Waals surface area contributed by atoms with Crippen LogP contribution in [-0.2, 0) is 7.05 Å². The fraction of sp³-hybridized carbons (Fsp3) is 0.708. The Bertz CT molecular complexity index is 855. The monoisotopic (exact) mass is 410 g/mol. The topological polar surface area (TPSA) is 58.9 Å². The maximum Gasteiger partial charge on any atom is 0.144 e. The summed E-state index contributed by atoms with van der Waals surface area (Å²) in [6, 6.07) is 0. The third kappa shape index (κ3) is 4.53. The number of hydrogen-bond donors (Lipinski definition) is 1. The molecule has 2 fully saturated rings. The van der Waals surface area contributed by atoms with Crippen LogP contribution in [0.2, 0.25) is 0 Å². The van der Waals surface area contributed by atoms with Crippen LogP contribution in [-0.4, -0.2) is 50.8 Å². The Morgan fingerprint density at radius 1 is 1.20 bits per heavy atom. The van der Waals surface area contributed by atoms with Gasteiger partial charge in [-0.1, -0.05) is 27.7 Å². The van der Waals surface area contributed by atoms with Crippen molar-refractivity contribution in [1.29, 1.82) is 0 Å². The molecule has 6 nitrogen and oxygen atoms in total. The molecule has 1 spiro atoms. The number of aryl methyl sites for hydroxylation is 2. The molecule has 1 aliphatic carbocycles. The van der Waals surface area contributed by atoms with Crippen molar-refractivity contribution in [2.75, 3.05) is 31.5 Å². The van der Waals surface area contributed by atoms with Crippen LogP contribution in [0.25, 0.3) is 11.3 Å². The van der Waals surface area contributed by atoms with Crippen molar-refractivity contribution in [3.05, 3.63) is 24.3 Å². The Morgan fingerprint density at radius 2 is 1.93 bits per heavy atom. The van der Waals surface area contributed by atoms with E-state index in [-0.39, 0.29) is 0 Å². The number of hydrogen-bond acceptors (Lipinski definition) is 5. The Morgan fingerprint density at radius 3 is 2.50 bits per heavy atom.